The number of para-hydroxylation sites is 1. The van der Waals surface area contributed by atoms with Gasteiger partial charge in [-0.2, -0.15) is 0 Å². The van der Waals surface area contributed by atoms with Crippen LogP contribution in [0.5, 0.6) is 0 Å². The Bertz CT molecular complexity index is 656. The molecule has 0 aliphatic carbocycles. The van der Waals surface area contributed by atoms with Crippen molar-refractivity contribution in [1.82, 2.24) is 0 Å². The fourth-order valence-corrected chi connectivity index (χ4v) is 2.80. The second-order valence-corrected chi connectivity index (χ2v) is 5.01. The molecule has 1 amide bonds. The summed E-state index contributed by atoms with van der Waals surface area (Å²) in [6, 6.07) is 11.7. The van der Waals surface area contributed by atoms with E-state index in [0.717, 1.165) is 22.4 Å². The first-order valence-corrected chi connectivity index (χ1v) is 6.35. The number of rotatable bonds is 1. The Morgan fingerprint density at radius 3 is 2.32 bits per heavy atom. The summed E-state index contributed by atoms with van der Waals surface area (Å²) >= 11 is 0. The number of anilines is 2. The summed E-state index contributed by atoms with van der Waals surface area (Å²) in [5, 5.41) is 0. The van der Waals surface area contributed by atoms with E-state index in [1.807, 2.05) is 49.1 Å². The lowest BCUT2D eigenvalue weighted by atomic mass is 10.1. The van der Waals surface area contributed by atoms with Gasteiger partial charge in [-0.05, 0) is 36.6 Å². The van der Waals surface area contributed by atoms with Crippen molar-refractivity contribution >= 4 is 17.3 Å². The minimum Gasteiger partial charge on any atom is -0.398 e. The fourth-order valence-electron chi connectivity index (χ4n) is 2.80. The molecule has 0 saturated carbocycles. The molecule has 3 rings (SSSR count). The van der Waals surface area contributed by atoms with Crippen LogP contribution in [0.15, 0.2) is 36.4 Å². The van der Waals surface area contributed by atoms with E-state index in [2.05, 4.69) is 0 Å². The molecule has 2 aromatic carbocycles. The number of carbonyl (C=O) groups is 1. The Balaban J connectivity index is 2.12. The molecular formula is C16H16N2O. The third-order valence-electron chi connectivity index (χ3n) is 3.68. The highest BCUT2D eigenvalue weighted by Gasteiger charge is 2.31. The van der Waals surface area contributed by atoms with Gasteiger partial charge in [-0.3, -0.25) is 4.79 Å². The number of nitrogens with two attached hydrogens (primary N) is 1. The van der Waals surface area contributed by atoms with Crippen molar-refractivity contribution in [3.05, 3.63) is 58.7 Å². The van der Waals surface area contributed by atoms with Crippen LogP contribution < -0.4 is 10.6 Å². The normalized spacial score (nSPS) is 13.8. The third kappa shape index (κ3) is 1.70. The predicted octanol–water partition coefficient (Wildman–Crippen LogP) is 3.05. The number of nitrogens with zero attached hydrogens (tertiary/aromatic N) is 1. The molecule has 0 radical (unpaired) electrons. The molecule has 96 valence electrons. The molecule has 0 aromatic heterocycles. The van der Waals surface area contributed by atoms with Crippen LogP contribution in [0.3, 0.4) is 0 Å². The summed E-state index contributed by atoms with van der Waals surface area (Å²) in [5.74, 6) is 0.00509. The topological polar surface area (TPSA) is 46.3 Å². The molecule has 2 N–H and O–H groups in total. The van der Waals surface area contributed by atoms with Gasteiger partial charge in [0.2, 0.25) is 0 Å². The number of benzene rings is 2. The van der Waals surface area contributed by atoms with Gasteiger partial charge in [0.15, 0.2) is 0 Å². The Morgan fingerprint density at radius 1 is 1.05 bits per heavy atom. The third-order valence-corrected chi connectivity index (χ3v) is 3.68. The molecule has 0 unspecified atom stereocenters. The summed E-state index contributed by atoms with van der Waals surface area (Å²) in [5.41, 5.74) is 11.4. The summed E-state index contributed by atoms with van der Waals surface area (Å²) in [6.45, 7) is 4.66. The van der Waals surface area contributed by atoms with E-state index in [4.69, 9.17) is 5.73 Å². The summed E-state index contributed by atoms with van der Waals surface area (Å²) < 4.78 is 0. The molecule has 1 aliphatic rings. The molecule has 0 fully saturated rings. The van der Waals surface area contributed by atoms with Gasteiger partial charge in [-0.25, -0.2) is 0 Å². The van der Waals surface area contributed by atoms with Crippen LogP contribution in [0.25, 0.3) is 0 Å². The lowest BCUT2D eigenvalue weighted by Gasteiger charge is -2.20. The van der Waals surface area contributed by atoms with Crippen molar-refractivity contribution in [1.29, 1.82) is 0 Å². The van der Waals surface area contributed by atoms with Crippen molar-refractivity contribution in [3.8, 4) is 0 Å². The number of carbonyl (C=O) groups excluding carboxylic acids is 1. The molecule has 0 atom stereocenters. The van der Waals surface area contributed by atoms with Crippen molar-refractivity contribution in [2.45, 2.75) is 20.4 Å². The number of fused-ring (bicyclic) bond motifs is 1. The van der Waals surface area contributed by atoms with Gasteiger partial charge in [0.25, 0.3) is 5.91 Å². The maximum atomic E-state index is 12.6. The summed E-state index contributed by atoms with van der Waals surface area (Å²) in [7, 11) is 0. The second-order valence-electron chi connectivity index (χ2n) is 5.01. The largest absolute Gasteiger partial charge is 0.398 e. The van der Waals surface area contributed by atoms with Crippen LogP contribution in [0.2, 0.25) is 0 Å². The highest BCUT2D eigenvalue weighted by atomic mass is 16.2. The molecular weight excluding hydrogens is 236 g/mol. The molecule has 1 heterocycles. The maximum Gasteiger partial charge on any atom is 0.261 e. The van der Waals surface area contributed by atoms with E-state index in [1.165, 1.54) is 0 Å². The van der Waals surface area contributed by atoms with Gasteiger partial charge in [0.05, 0.1) is 17.8 Å². The number of hydrogen-bond acceptors (Lipinski definition) is 2. The van der Waals surface area contributed by atoms with E-state index in [-0.39, 0.29) is 5.91 Å². The van der Waals surface area contributed by atoms with Crippen LogP contribution in [-0.2, 0) is 6.54 Å². The SMILES string of the molecule is Cc1cccc(C)c1N1Cc2cccc(N)c2C1=O. The van der Waals surface area contributed by atoms with E-state index in [1.54, 1.807) is 6.07 Å². The molecule has 19 heavy (non-hydrogen) atoms. The second kappa shape index (κ2) is 4.12. The Kier molecular flexibility index (Phi) is 2.56. The quantitative estimate of drug-likeness (QED) is 0.793. The zero-order valence-electron chi connectivity index (χ0n) is 11.1. The predicted molar refractivity (Wildman–Crippen MR) is 77.3 cm³/mol. The average Bonchev–Trinajstić information content (AvgIpc) is 2.68. The number of aryl methyl sites for hydroxylation is 2. The zero-order chi connectivity index (χ0) is 13.6. The van der Waals surface area contributed by atoms with Gasteiger partial charge in [0.1, 0.15) is 0 Å². The Morgan fingerprint density at radius 2 is 1.68 bits per heavy atom. The summed E-state index contributed by atoms with van der Waals surface area (Å²) in [4.78, 5) is 14.4. The highest BCUT2D eigenvalue weighted by molar-refractivity contribution is 6.13. The van der Waals surface area contributed by atoms with Gasteiger partial charge < -0.3 is 10.6 Å². The van der Waals surface area contributed by atoms with E-state index in [0.29, 0.717) is 17.8 Å². The van der Waals surface area contributed by atoms with E-state index < -0.39 is 0 Å². The molecule has 1 aliphatic heterocycles. The lowest BCUT2D eigenvalue weighted by molar-refractivity contribution is 0.0997. The van der Waals surface area contributed by atoms with Gasteiger partial charge in [0, 0.05) is 5.69 Å². The Labute approximate surface area is 112 Å². The monoisotopic (exact) mass is 252 g/mol. The van der Waals surface area contributed by atoms with E-state index in [9.17, 15) is 4.79 Å². The molecule has 3 nitrogen and oxygen atoms in total. The minimum atomic E-state index is 0.00509. The van der Waals surface area contributed by atoms with Crippen LogP contribution in [0.4, 0.5) is 11.4 Å². The standard InChI is InChI=1S/C16H16N2O/c1-10-5-3-6-11(2)15(10)18-9-12-7-4-8-13(17)14(12)16(18)19/h3-8H,9,17H2,1-2H3. The van der Waals surface area contributed by atoms with E-state index >= 15 is 0 Å². The van der Waals surface area contributed by atoms with Crippen LogP contribution >= 0.6 is 0 Å². The molecule has 0 saturated heterocycles. The zero-order valence-corrected chi connectivity index (χ0v) is 11.1. The van der Waals surface area contributed by atoms with Crippen LogP contribution in [0, 0.1) is 13.8 Å². The van der Waals surface area contributed by atoms with Crippen molar-refractivity contribution in [3.63, 3.8) is 0 Å². The number of nitrogen functional groups attached to an aromatic ring is 1. The Hall–Kier alpha value is -2.29. The maximum absolute atomic E-state index is 12.6. The number of hydrogen-bond donors (Lipinski definition) is 1. The minimum absolute atomic E-state index is 0.00509. The van der Waals surface area contributed by atoms with Crippen molar-refractivity contribution in [2.24, 2.45) is 0 Å². The molecule has 0 bridgehead atoms. The average molecular weight is 252 g/mol. The first-order valence-electron chi connectivity index (χ1n) is 6.35. The van der Waals surface area contributed by atoms with Crippen molar-refractivity contribution < 1.29 is 4.79 Å². The molecule has 3 heteroatoms. The van der Waals surface area contributed by atoms with Gasteiger partial charge in [-0.15, -0.1) is 0 Å². The highest BCUT2D eigenvalue weighted by Crippen LogP contribution is 2.34. The first kappa shape index (κ1) is 11.8. The van der Waals surface area contributed by atoms with Crippen molar-refractivity contribution in [2.75, 3.05) is 10.6 Å². The number of amides is 1. The fraction of sp³-hybridized carbons (Fsp3) is 0.188. The summed E-state index contributed by atoms with van der Waals surface area (Å²) in [6.07, 6.45) is 0. The lowest BCUT2D eigenvalue weighted by Crippen LogP contribution is -2.25. The smallest absolute Gasteiger partial charge is 0.261 e. The van der Waals surface area contributed by atoms with Crippen LogP contribution in [0.1, 0.15) is 27.0 Å². The first-order chi connectivity index (χ1) is 9.09. The molecule has 0 spiro atoms. The molecule has 2 aromatic rings. The van der Waals surface area contributed by atoms with Gasteiger partial charge in [-0.1, -0.05) is 30.3 Å². The van der Waals surface area contributed by atoms with Crippen LogP contribution in [-0.4, -0.2) is 5.91 Å². The van der Waals surface area contributed by atoms with Gasteiger partial charge >= 0.3 is 0 Å².